The number of carbonyl (C=O) groups excluding carboxylic acids is 1. The second-order valence-electron chi connectivity index (χ2n) is 4.52. The van der Waals surface area contributed by atoms with E-state index in [9.17, 15) is 4.79 Å². The summed E-state index contributed by atoms with van der Waals surface area (Å²) in [7, 11) is 0. The maximum absolute atomic E-state index is 11.8. The van der Waals surface area contributed by atoms with Gasteiger partial charge in [-0.3, -0.25) is 4.79 Å². The Morgan fingerprint density at radius 3 is 3.11 bits per heavy atom. The van der Waals surface area contributed by atoms with Crippen LogP contribution in [0.5, 0.6) is 0 Å². The zero-order valence-corrected chi connectivity index (χ0v) is 11.3. The number of aromatic nitrogens is 3. The second kappa shape index (κ2) is 7.20. The molecule has 1 fully saturated rings. The third-order valence-electron chi connectivity index (χ3n) is 3.16. The third kappa shape index (κ3) is 4.00. The van der Waals surface area contributed by atoms with E-state index in [1.54, 1.807) is 10.9 Å². The Morgan fingerprint density at radius 2 is 2.37 bits per heavy atom. The van der Waals surface area contributed by atoms with Gasteiger partial charge in [0.25, 0.3) is 5.91 Å². The molecule has 106 valence electrons. The van der Waals surface area contributed by atoms with E-state index in [0.717, 1.165) is 25.9 Å². The lowest BCUT2D eigenvalue weighted by molar-refractivity contribution is 0.0917. The minimum Gasteiger partial charge on any atom is -0.380 e. The van der Waals surface area contributed by atoms with E-state index in [1.807, 2.05) is 6.92 Å². The average Bonchev–Trinajstić information content (AvgIpc) is 2.94. The third-order valence-corrected chi connectivity index (χ3v) is 3.16. The van der Waals surface area contributed by atoms with Crippen molar-refractivity contribution in [2.75, 3.05) is 32.8 Å². The van der Waals surface area contributed by atoms with Gasteiger partial charge in [-0.1, -0.05) is 5.21 Å². The van der Waals surface area contributed by atoms with E-state index in [-0.39, 0.29) is 5.91 Å². The number of hydrogen-bond acceptors (Lipinski definition) is 5. The van der Waals surface area contributed by atoms with Crippen LogP contribution in [0.4, 0.5) is 0 Å². The van der Waals surface area contributed by atoms with Crippen LogP contribution in [0.2, 0.25) is 0 Å². The number of amides is 1. The van der Waals surface area contributed by atoms with Gasteiger partial charge in [0.1, 0.15) is 0 Å². The van der Waals surface area contributed by atoms with Crippen LogP contribution < -0.4 is 10.6 Å². The molecule has 0 bridgehead atoms. The monoisotopic (exact) mass is 267 g/mol. The van der Waals surface area contributed by atoms with E-state index >= 15 is 0 Å². The molecule has 1 aliphatic rings. The molecule has 7 nitrogen and oxygen atoms in total. The molecule has 2 heterocycles. The second-order valence-corrected chi connectivity index (χ2v) is 4.52. The fourth-order valence-corrected chi connectivity index (χ4v) is 2.10. The van der Waals surface area contributed by atoms with Gasteiger partial charge in [-0.2, -0.15) is 0 Å². The summed E-state index contributed by atoms with van der Waals surface area (Å²) in [6, 6.07) is 0.346. The Kier molecular flexibility index (Phi) is 5.29. The fourth-order valence-electron chi connectivity index (χ4n) is 2.10. The molecule has 1 saturated heterocycles. The Balaban J connectivity index is 1.83. The number of carbonyl (C=O) groups is 1. The molecular weight excluding hydrogens is 246 g/mol. The molecule has 0 saturated carbocycles. The highest BCUT2D eigenvalue weighted by atomic mass is 16.5. The summed E-state index contributed by atoms with van der Waals surface area (Å²) in [4.78, 5) is 11.8. The molecule has 1 aromatic heterocycles. The van der Waals surface area contributed by atoms with Crippen molar-refractivity contribution in [3.05, 3.63) is 11.9 Å². The molecular formula is C12H21N5O2. The van der Waals surface area contributed by atoms with E-state index < -0.39 is 0 Å². The van der Waals surface area contributed by atoms with Gasteiger partial charge in [0.15, 0.2) is 5.69 Å². The summed E-state index contributed by atoms with van der Waals surface area (Å²) >= 11 is 0. The van der Waals surface area contributed by atoms with E-state index in [4.69, 9.17) is 4.74 Å². The lowest BCUT2D eigenvalue weighted by Gasteiger charge is -2.22. The minimum atomic E-state index is -0.195. The van der Waals surface area contributed by atoms with Crippen LogP contribution in [0.3, 0.4) is 0 Å². The molecule has 0 aromatic carbocycles. The van der Waals surface area contributed by atoms with Crippen molar-refractivity contribution in [2.24, 2.45) is 0 Å². The highest BCUT2D eigenvalue weighted by Crippen LogP contribution is 2.16. The quantitative estimate of drug-likeness (QED) is 0.707. The first kappa shape index (κ1) is 14.0. The standard InChI is InChI=1S/C12H21N5O2/c1-2-19-8-7-14-12(18)11-9-17(16-15-11)10-3-5-13-6-4-10/h9-10,13H,2-8H2,1H3,(H,14,18). The lowest BCUT2D eigenvalue weighted by Crippen LogP contribution is -2.29. The fraction of sp³-hybridized carbons (Fsp3) is 0.750. The van der Waals surface area contributed by atoms with E-state index in [2.05, 4.69) is 20.9 Å². The zero-order valence-electron chi connectivity index (χ0n) is 11.3. The van der Waals surface area contributed by atoms with Crippen molar-refractivity contribution in [3.8, 4) is 0 Å². The van der Waals surface area contributed by atoms with Gasteiger partial charge in [0.05, 0.1) is 18.8 Å². The molecule has 0 atom stereocenters. The maximum Gasteiger partial charge on any atom is 0.273 e. The van der Waals surface area contributed by atoms with Crippen molar-refractivity contribution in [2.45, 2.75) is 25.8 Å². The molecule has 1 aliphatic heterocycles. The van der Waals surface area contributed by atoms with Crippen LogP contribution in [-0.4, -0.2) is 53.7 Å². The molecule has 1 amide bonds. The van der Waals surface area contributed by atoms with Gasteiger partial charge in [-0.15, -0.1) is 5.10 Å². The van der Waals surface area contributed by atoms with Crippen molar-refractivity contribution in [1.82, 2.24) is 25.6 Å². The van der Waals surface area contributed by atoms with Gasteiger partial charge < -0.3 is 15.4 Å². The van der Waals surface area contributed by atoms with Crippen LogP contribution in [-0.2, 0) is 4.74 Å². The Morgan fingerprint density at radius 1 is 1.58 bits per heavy atom. The van der Waals surface area contributed by atoms with Crippen LogP contribution in [0.15, 0.2) is 6.20 Å². The summed E-state index contributed by atoms with van der Waals surface area (Å²) < 4.78 is 6.96. The number of piperidine rings is 1. The molecule has 7 heteroatoms. The van der Waals surface area contributed by atoms with Crippen LogP contribution in [0, 0.1) is 0 Å². The number of ether oxygens (including phenoxy) is 1. The van der Waals surface area contributed by atoms with Crippen LogP contribution >= 0.6 is 0 Å². The highest BCUT2D eigenvalue weighted by molar-refractivity contribution is 5.91. The normalized spacial score (nSPS) is 16.5. The Labute approximate surface area is 112 Å². The minimum absolute atomic E-state index is 0.195. The topological polar surface area (TPSA) is 81.1 Å². The number of nitrogens with one attached hydrogen (secondary N) is 2. The zero-order chi connectivity index (χ0) is 13.5. The summed E-state index contributed by atoms with van der Waals surface area (Å²) in [5, 5.41) is 14.0. The van der Waals surface area contributed by atoms with E-state index in [1.165, 1.54) is 0 Å². The van der Waals surface area contributed by atoms with Gasteiger partial charge in [0.2, 0.25) is 0 Å². The number of nitrogens with zero attached hydrogens (tertiary/aromatic N) is 3. The van der Waals surface area contributed by atoms with Gasteiger partial charge >= 0.3 is 0 Å². The summed E-state index contributed by atoms with van der Waals surface area (Å²) in [5.41, 5.74) is 0.370. The van der Waals surface area contributed by atoms with Gasteiger partial charge in [0, 0.05) is 13.2 Å². The predicted molar refractivity (Wildman–Crippen MR) is 70.0 cm³/mol. The SMILES string of the molecule is CCOCCNC(=O)c1cn(C2CCNCC2)nn1. The maximum atomic E-state index is 11.8. The summed E-state index contributed by atoms with van der Waals surface area (Å²) in [6.07, 6.45) is 3.77. The highest BCUT2D eigenvalue weighted by Gasteiger charge is 2.18. The number of rotatable bonds is 6. The van der Waals surface area contributed by atoms with E-state index in [0.29, 0.717) is 31.5 Å². The Bertz CT molecular complexity index is 401. The molecule has 0 spiro atoms. The predicted octanol–water partition coefficient (Wildman–Crippen LogP) is -0.0311. The summed E-state index contributed by atoms with van der Waals surface area (Å²) in [5.74, 6) is -0.195. The van der Waals surface area contributed by atoms with Crippen molar-refractivity contribution in [1.29, 1.82) is 0 Å². The molecule has 2 N–H and O–H groups in total. The molecule has 2 rings (SSSR count). The first-order chi connectivity index (χ1) is 9.31. The van der Waals surface area contributed by atoms with Crippen molar-refractivity contribution < 1.29 is 9.53 Å². The van der Waals surface area contributed by atoms with Gasteiger partial charge in [-0.05, 0) is 32.9 Å². The van der Waals surface area contributed by atoms with Crippen LogP contribution in [0.25, 0.3) is 0 Å². The summed E-state index contributed by atoms with van der Waals surface area (Å²) in [6.45, 7) is 5.56. The first-order valence-corrected chi connectivity index (χ1v) is 6.79. The average molecular weight is 267 g/mol. The Hall–Kier alpha value is -1.47. The first-order valence-electron chi connectivity index (χ1n) is 6.79. The smallest absolute Gasteiger partial charge is 0.273 e. The molecule has 19 heavy (non-hydrogen) atoms. The molecule has 1 aromatic rings. The lowest BCUT2D eigenvalue weighted by atomic mass is 10.1. The largest absolute Gasteiger partial charge is 0.380 e. The van der Waals surface area contributed by atoms with Crippen molar-refractivity contribution >= 4 is 5.91 Å². The van der Waals surface area contributed by atoms with Gasteiger partial charge in [-0.25, -0.2) is 4.68 Å². The molecule has 0 aliphatic carbocycles. The number of hydrogen-bond donors (Lipinski definition) is 2. The van der Waals surface area contributed by atoms with Crippen LogP contribution in [0.1, 0.15) is 36.3 Å². The molecule has 0 radical (unpaired) electrons. The van der Waals surface area contributed by atoms with Crippen molar-refractivity contribution in [3.63, 3.8) is 0 Å². The molecule has 0 unspecified atom stereocenters.